The number of nitrogens with zero attached hydrogens (tertiary/aromatic N) is 3. The largest absolute Gasteiger partial charge is 0.458 e. The van der Waals surface area contributed by atoms with Crippen molar-refractivity contribution >= 4 is 23.7 Å². The van der Waals surface area contributed by atoms with Crippen LogP contribution in [0.25, 0.3) is 0 Å². The Hall–Kier alpha value is -3.08. The summed E-state index contributed by atoms with van der Waals surface area (Å²) in [5.74, 6) is -2.16. The lowest BCUT2D eigenvalue weighted by molar-refractivity contribution is -0.164. The van der Waals surface area contributed by atoms with Crippen LogP contribution >= 0.6 is 0 Å². The molecule has 1 aromatic heterocycles. The maximum Gasteiger partial charge on any atom is 0.329 e. The number of ether oxygens (including phenoxy) is 1. The highest BCUT2D eigenvalue weighted by Crippen LogP contribution is 2.30. The minimum atomic E-state index is -1.01. The van der Waals surface area contributed by atoms with E-state index in [0.717, 1.165) is 32.1 Å². The van der Waals surface area contributed by atoms with Crippen LogP contribution in [0.5, 0.6) is 0 Å². The highest BCUT2D eigenvalue weighted by Gasteiger charge is 2.46. The summed E-state index contributed by atoms with van der Waals surface area (Å²) in [6.45, 7) is 10.6. The van der Waals surface area contributed by atoms with Gasteiger partial charge in [-0.15, -0.1) is 0 Å². The summed E-state index contributed by atoms with van der Waals surface area (Å²) in [7, 11) is 0. The van der Waals surface area contributed by atoms with Gasteiger partial charge in [-0.1, -0.05) is 40.0 Å². The Morgan fingerprint density at radius 2 is 1.69 bits per heavy atom. The number of aliphatic hydroxyl groups is 1. The van der Waals surface area contributed by atoms with Crippen molar-refractivity contribution in [1.29, 1.82) is 0 Å². The van der Waals surface area contributed by atoms with Gasteiger partial charge in [0.25, 0.3) is 5.91 Å². The number of amides is 3. The van der Waals surface area contributed by atoms with Crippen molar-refractivity contribution in [3.8, 4) is 0 Å². The third-order valence-electron chi connectivity index (χ3n) is 7.13. The summed E-state index contributed by atoms with van der Waals surface area (Å²) in [5.41, 5.74) is -1.39. The first-order chi connectivity index (χ1) is 18.2. The average Bonchev–Trinajstić information content (AvgIpc) is 3.26. The molecule has 1 aliphatic carbocycles. The summed E-state index contributed by atoms with van der Waals surface area (Å²) in [6.07, 6.45) is 7.87. The third kappa shape index (κ3) is 8.20. The fourth-order valence-corrected chi connectivity index (χ4v) is 5.19. The van der Waals surface area contributed by atoms with Crippen molar-refractivity contribution in [2.45, 2.75) is 110 Å². The van der Waals surface area contributed by atoms with Crippen molar-refractivity contribution in [1.82, 2.24) is 25.5 Å². The Kier molecular flexibility index (Phi) is 9.69. The van der Waals surface area contributed by atoms with Crippen LogP contribution in [0.15, 0.2) is 18.6 Å². The van der Waals surface area contributed by atoms with E-state index in [2.05, 4.69) is 20.6 Å². The fraction of sp³-hybridized carbons (Fsp3) is 0.714. The molecule has 0 spiro atoms. The van der Waals surface area contributed by atoms with Gasteiger partial charge >= 0.3 is 5.97 Å². The van der Waals surface area contributed by atoms with Crippen molar-refractivity contribution in [3.05, 3.63) is 24.3 Å². The lowest BCUT2D eigenvalue weighted by Gasteiger charge is -2.37. The Morgan fingerprint density at radius 3 is 2.26 bits per heavy atom. The minimum Gasteiger partial charge on any atom is -0.458 e. The first kappa shape index (κ1) is 30.5. The molecule has 4 atom stereocenters. The second-order valence-corrected chi connectivity index (χ2v) is 12.7. The molecule has 0 radical (unpaired) electrons. The molecule has 2 aliphatic rings. The quantitative estimate of drug-likeness (QED) is 0.440. The maximum atomic E-state index is 13.9. The average molecular weight is 546 g/mol. The van der Waals surface area contributed by atoms with Crippen LogP contribution < -0.4 is 10.6 Å². The van der Waals surface area contributed by atoms with Crippen LogP contribution in [0.4, 0.5) is 0 Å². The molecule has 216 valence electrons. The highest BCUT2D eigenvalue weighted by molar-refractivity contribution is 5.97. The number of carbonyl (C=O) groups is 4. The number of likely N-dealkylation sites (tertiary alicyclic amines) is 1. The molecule has 0 aromatic carbocycles. The Morgan fingerprint density at radius 1 is 1.03 bits per heavy atom. The number of nitrogens with one attached hydrogen (secondary N) is 2. The summed E-state index contributed by atoms with van der Waals surface area (Å²) in [6, 6.07) is -2.85. The van der Waals surface area contributed by atoms with Gasteiger partial charge in [-0.25, -0.2) is 9.78 Å². The summed E-state index contributed by atoms with van der Waals surface area (Å²) in [4.78, 5) is 62.8. The van der Waals surface area contributed by atoms with Gasteiger partial charge in [0.15, 0.2) is 0 Å². The standard InChI is InChI=1S/C28H43N5O6/c1-27(2,3)22(25(37)33-16-18(34)14-20(33)26(38)39-28(4,5)6)32-24(36)21(17-10-8-7-9-11-17)31-23(35)19-15-29-12-13-30-19/h12-13,15,17-18,20-22,34H,7-11,14,16H2,1-6H3,(H,31,35)(H,32,36)/t18-,20+,21+,22-/m1/s1. The number of esters is 1. The zero-order chi connectivity index (χ0) is 29.0. The molecule has 11 heteroatoms. The van der Waals surface area contributed by atoms with Crippen LogP contribution in [-0.2, 0) is 19.1 Å². The molecular weight excluding hydrogens is 502 g/mol. The first-order valence-corrected chi connectivity index (χ1v) is 13.8. The van der Waals surface area contributed by atoms with Gasteiger partial charge in [0.1, 0.15) is 29.4 Å². The molecule has 2 heterocycles. The number of aromatic nitrogens is 2. The predicted octanol–water partition coefficient (Wildman–Crippen LogP) is 1.99. The zero-order valence-corrected chi connectivity index (χ0v) is 23.9. The molecule has 0 bridgehead atoms. The molecule has 11 nitrogen and oxygen atoms in total. The van der Waals surface area contributed by atoms with Gasteiger partial charge < -0.3 is 25.4 Å². The van der Waals surface area contributed by atoms with Gasteiger partial charge in [-0.3, -0.25) is 19.4 Å². The van der Waals surface area contributed by atoms with Gasteiger partial charge in [-0.05, 0) is 44.9 Å². The number of hydrogen-bond acceptors (Lipinski definition) is 8. The third-order valence-corrected chi connectivity index (χ3v) is 7.13. The smallest absolute Gasteiger partial charge is 0.329 e. The predicted molar refractivity (Wildman–Crippen MR) is 143 cm³/mol. The van der Waals surface area contributed by atoms with E-state index < -0.39 is 58.9 Å². The molecule has 0 unspecified atom stereocenters. The molecule has 1 aromatic rings. The molecule has 2 fully saturated rings. The van der Waals surface area contributed by atoms with Gasteiger partial charge in [0.05, 0.1) is 12.3 Å². The number of hydrogen-bond donors (Lipinski definition) is 3. The van der Waals surface area contributed by atoms with Crippen LogP contribution in [0, 0.1) is 11.3 Å². The van der Waals surface area contributed by atoms with E-state index in [0.29, 0.717) is 0 Å². The topological polar surface area (TPSA) is 151 Å². The molecule has 39 heavy (non-hydrogen) atoms. The number of carbonyl (C=O) groups excluding carboxylic acids is 4. The summed E-state index contributed by atoms with van der Waals surface area (Å²) in [5, 5.41) is 16.1. The van der Waals surface area contributed by atoms with Crippen LogP contribution in [-0.4, -0.2) is 80.0 Å². The lowest BCUT2D eigenvalue weighted by Crippen LogP contribution is -2.61. The van der Waals surface area contributed by atoms with Crippen LogP contribution in [0.3, 0.4) is 0 Å². The molecular formula is C28H43N5O6. The second-order valence-electron chi connectivity index (χ2n) is 12.7. The van der Waals surface area contributed by atoms with Crippen molar-refractivity contribution < 1.29 is 29.0 Å². The van der Waals surface area contributed by atoms with Crippen LogP contribution in [0.1, 0.15) is 90.6 Å². The lowest BCUT2D eigenvalue weighted by atomic mass is 9.82. The maximum absolute atomic E-state index is 13.9. The molecule has 1 aliphatic heterocycles. The van der Waals surface area contributed by atoms with E-state index in [1.165, 1.54) is 23.5 Å². The number of β-amino-alcohol motifs (C(OH)–C–C–N with tert-alkyl or cyclic N) is 1. The van der Waals surface area contributed by atoms with E-state index in [4.69, 9.17) is 4.74 Å². The Labute approximate surface area is 230 Å². The van der Waals surface area contributed by atoms with Gasteiger partial charge in [0, 0.05) is 25.4 Å². The first-order valence-electron chi connectivity index (χ1n) is 13.8. The SMILES string of the molecule is CC(C)(C)OC(=O)[C@@H]1C[C@@H](O)CN1C(=O)[C@@H](NC(=O)[C@@H](NC(=O)c1cnccn1)C1CCCCC1)C(C)(C)C. The van der Waals surface area contributed by atoms with Crippen molar-refractivity contribution in [2.24, 2.45) is 11.3 Å². The van der Waals surface area contributed by atoms with Gasteiger partial charge in [-0.2, -0.15) is 0 Å². The highest BCUT2D eigenvalue weighted by atomic mass is 16.6. The normalized spacial score (nSPS) is 22.1. The fourth-order valence-electron chi connectivity index (χ4n) is 5.19. The molecule has 3 amide bonds. The molecule has 3 N–H and O–H groups in total. The van der Waals surface area contributed by atoms with E-state index in [1.807, 2.05) is 20.8 Å². The Bertz CT molecular complexity index is 1030. The molecule has 3 rings (SSSR count). The van der Waals surface area contributed by atoms with Gasteiger partial charge in [0.2, 0.25) is 11.8 Å². The number of aliphatic hydroxyl groups excluding tert-OH is 1. The number of rotatable bonds is 7. The van der Waals surface area contributed by atoms with Crippen molar-refractivity contribution in [2.75, 3.05) is 6.54 Å². The minimum absolute atomic E-state index is 0.0410. The van der Waals surface area contributed by atoms with Crippen LogP contribution in [0.2, 0.25) is 0 Å². The van der Waals surface area contributed by atoms with E-state index in [-0.39, 0.29) is 24.6 Å². The molecule has 1 saturated heterocycles. The Balaban J connectivity index is 1.84. The van der Waals surface area contributed by atoms with E-state index in [9.17, 15) is 24.3 Å². The second kappa shape index (κ2) is 12.4. The molecule has 1 saturated carbocycles. The summed E-state index contributed by atoms with van der Waals surface area (Å²) < 4.78 is 5.51. The van der Waals surface area contributed by atoms with E-state index in [1.54, 1.807) is 20.8 Å². The van der Waals surface area contributed by atoms with E-state index >= 15 is 0 Å². The zero-order valence-electron chi connectivity index (χ0n) is 23.9. The monoisotopic (exact) mass is 545 g/mol. The van der Waals surface area contributed by atoms with Crippen molar-refractivity contribution in [3.63, 3.8) is 0 Å². The summed E-state index contributed by atoms with van der Waals surface area (Å²) >= 11 is 0.